The van der Waals surface area contributed by atoms with Gasteiger partial charge in [-0.25, -0.2) is 4.98 Å². The van der Waals surface area contributed by atoms with Crippen LogP contribution in [-0.4, -0.2) is 42.4 Å². The molecule has 22 heavy (non-hydrogen) atoms. The van der Waals surface area contributed by atoms with Gasteiger partial charge in [-0.15, -0.1) is 0 Å². The zero-order valence-corrected chi connectivity index (χ0v) is 13.5. The molecule has 0 saturated carbocycles. The van der Waals surface area contributed by atoms with Gasteiger partial charge in [0.15, 0.2) is 0 Å². The topological polar surface area (TPSA) is 31.7 Å². The molecule has 2 heterocycles. The van der Waals surface area contributed by atoms with Crippen LogP contribution in [0.4, 0.5) is 5.82 Å². The lowest BCUT2D eigenvalue weighted by molar-refractivity contribution is 0.271. The lowest BCUT2D eigenvalue weighted by Gasteiger charge is -2.33. The fraction of sp³-hybridized carbons (Fsp3) is 0.250. The minimum absolute atomic E-state index is 0.614. The number of nitrogens with zero attached hydrogens (tertiary/aromatic N) is 4. The van der Waals surface area contributed by atoms with Crippen LogP contribution in [0.15, 0.2) is 47.7 Å². The zero-order chi connectivity index (χ0) is 15.4. The Morgan fingerprint density at radius 1 is 0.955 bits per heavy atom. The lowest BCUT2D eigenvalue weighted by Crippen LogP contribution is -2.44. The highest BCUT2D eigenvalue weighted by Gasteiger charge is 2.16. The number of hydrogen-bond acceptors (Lipinski definition) is 4. The molecule has 1 aromatic carbocycles. The first-order valence-electron chi connectivity index (χ1n) is 7.13. The maximum Gasteiger partial charge on any atom is 0.128 e. The van der Waals surface area contributed by atoms with Crippen LogP contribution in [0.3, 0.4) is 0 Å². The van der Waals surface area contributed by atoms with Crippen molar-refractivity contribution >= 4 is 35.2 Å². The van der Waals surface area contributed by atoms with Gasteiger partial charge < -0.3 is 4.90 Å². The standard InChI is InChI=1S/C16H16Cl2N4/c17-14-4-3-5-15(18)13(14)12-20-22-10-8-21(9-11-22)16-6-1-2-7-19-16/h1-7,12H,8-11H2/b20-12+. The Labute approximate surface area is 140 Å². The van der Waals surface area contributed by atoms with Crippen molar-refractivity contribution in [2.24, 2.45) is 5.10 Å². The highest BCUT2D eigenvalue weighted by molar-refractivity contribution is 6.38. The fourth-order valence-corrected chi connectivity index (χ4v) is 2.85. The SMILES string of the molecule is Clc1cccc(Cl)c1/C=N/N1CCN(c2ccccn2)CC1. The van der Waals surface area contributed by atoms with Crippen molar-refractivity contribution in [3.05, 3.63) is 58.2 Å². The zero-order valence-electron chi connectivity index (χ0n) is 12.0. The van der Waals surface area contributed by atoms with Gasteiger partial charge in [0.1, 0.15) is 5.82 Å². The molecule has 1 fully saturated rings. The molecule has 1 aromatic heterocycles. The second-order valence-electron chi connectivity index (χ2n) is 5.01. The molecule has 4 nitrogen and oxygen atoms in total. The Kier molecular flexibility index (Phi) is 4.80. The third kappa shape index (κ3) is 3.51. The molecule has 1 aliphatic heterocycles. The second kappa shape index (κ2) is 6.99. The number of hydrogen-bond donors (Lipinski definition) is 0. The minimum atomic E-state index is 0.614. The Morgan fingerprint density at radius 3 is 2.32 bits per heavy atom. The van der Waals surface area contributed by atoms with Crippen LogP contribution in [0.25, 0.3) is 0 Å². The molecule has 0 bridgehead atoms. The van der Waals surface area contributed by atoms with Gasteiger partial charge in [-0.2, -0.15) is 5.10 Å². The average molecular weight is 335 g/mol. The maximum atomic E-state index is 6.14. The molecule has 0 atom stereocenters. The first kappa shape index (κ1) is 15.1. The summed E-state index contributed by atoms with van der Waals surface area (Å²) in [4.78, 5) is 6.64. The van der Waals surface area contributed by atoms with Crippen molar-refractivity contribution in [2.75, 3.05) is 31.1 Å². The number of aromatic nitrogens is 1. The summed E-state index contributed by atoms with van der Waals surface area (Å²) in [5.74, 6) is 1.01. The lowest BCUT2D eigenvalue weighted by atomic mass is 10.2. The molecule has 6 heteroatoms. The monoisotopic (exact) mass is 334 g/mol. The minimum Gasteiger partial charge on any atom is -0.353 e. The fourth-order valence-electron chi connectivity index (χ4n) is 2.35. The van der Waals surface area contributed by atoms with E-state index in [0.717, 1.165) is 37.6 Å². The van der Waals surface area contributed by atoms with Crippen LogP contribution in [0, 0.1) is 0 Å². The van der Waals surface area contributed by atoms with Gasteiger partial charge in [-0.05, 0) is 24.3 Å². The maximum absolute atomic E-state index is 6.14. The van der Waals surface area contributed by atoms with Crippen LogP contribution in [0.2, 0.25) is 10.0 Å². The summed E-state index contributed by atoms with van der Waals surface area (Å²) < 4.78 is 0. The molecular formula is C16H16Cl2N4. The van der Waals surface area contributed by atoms with Gasteiger partial charge in [0.2, 0.25) is 0 Å². The molecule has 1 saturated heterocycles. The predicted molar refractivity (Wildman–Crippen MR) is 92.1 cm³/mol. The van der Waals surface area contributed by atoms with E-state index in [1.165, 1.54) is 0 Å². The largest absolute Gasteiger partial charge is 0.353 e. The third-order valence-corrected chi connectivity index (χ3v) is 4.24. The third-order valence-electron chi connectivity index (χ3n) is 3.58. The molecule has 0 aliphatic carbocycles. The molecule has 3 rings (SSSR count). The molecule has 1 aliphatic rings. The number of benzene rings is 1. The number of anilines is 1. The normalized spacial score (nSPS) is 15.5. The Balaban J connectivity index is 1.61. The van der Waals surface area contributed by atoms with E-state index in [9.17, 15) is 0 Å². The Morgan fingerprint density at radius 2 is 1.68 bits per heavy atom. The highest BCUT2D eigenvalue weighted by atomic mass is 35.5. The summed E-state index contributed by atoms with van der Waals surface area (Å²) in [6, 6.07) is 11.4. The highest BCUT2D eigenvalue weighted by Crippen LogP contribution is 2.22. The molecule has 0 amide bonds. The van der Waals surface area contributed by atoms with E-state index in [-0.39, 0.29) is 0 Å². The summed E-state index contributed by atoms with van der Waals surface area (Å²) in [5, 5.41) is 7.75. The van der Waals surface area contributed by atoms with Gasteiger partial charge in [0.25, 0.3) is 0 Å². The van der Waals surface area contributed by atoms with Gasteiger partial charge in [0.05, 0.1) is 29.3 Å². The quantitative estimate of drug-likeness (QED) is 0.804. The number of hydrazone groups is 1. The summed E-state index contributed by atoms with van der Waals surface area (Å²) in [5.41, 5.74) is 0.762. The summed E-state index contributed by atoms with van der Waals surface area (Å²) >= 11 is 12.3. The van der Waals surface area contributed by atoms with E-state index in [1.54, 1.807) is 6.21 Å². The molecule has 0 radical (unpaired) electrons. The van der Waals surface area contributed by atoms with Crippen molar-refractivity contribution in [1.82, 2.24) is 9.99 Å². The second-order valence-corrected chi connectivity index (χ2v) is 5.82. The summed E-state index contributed by atoms with van der Waals surface area (Å²) in [6.45, 7) is 3.47. The molecule has 0 unspecified atom stereocenters. The number of piperazine rings is 1. The number of pyridine rings is 1. The van der Waals surface area contributed by atoms with Crippen molar-refractivity contribution in [1.29, 1.82) is 0 Å². The van der Waals surface area contributed by atoms with Gasteiger partial charge >= 0.3 is 0 Å². The Hall–Kier alpha value is -1.78. The molecule has 0 spiro atoms. The number of rotatable bonds is 3. The predicted octanol–water partition coefficient (Wildman–Crippen LogP) is 3.54. The van der Waals surface area contributed by atoms with Gasteiger partial charge in [-0.3, -0.25) is 5.01 Å². The Bertz CT molecular complexity index is 632. The van der Waals surface area contributed by atoms with Gasteiger partial charge in [0, 0.05) is 24.8 Å². The van der Waals surface area contributed by atoms with Crippen molar-refractivity contribution in [3.8, 4) is 0 Å². The van der Waals surface area contributed by atoms with Crippen molar-refractivity contribution in [2.45, 2.75) is 0 Å². The van der Waals surface area contributed by atoms with E-state index >= 15 is 0 Å². The first-order chi connectivity index (χ1) is 10.7. The van der Waals surface area contributed by atoms with E-state index in [4.69, 9.17) is 23.2 Å². The van der Waals surface area contributed by atoms with Crippen LogP contribution in [-0.2, 0) is 0 Å². The van der Waals surface area contributed by atoms with Crippen LogP contribution < -0.4 is 4.90 Å². The molecular weight excluding hydrogens is 319 g/mol. The summed E-state index contributed by atoms with van der Waals surface area (Å²) in [7, 11) is 0. The molecule has 2 aromatic rings. The van der Waals surface area contributed by atoms with Crippen LogP contribution in [0.5, 0.6) is 0 Å². The molecule has 0 N–H and O–H groups in total. The first-order valence-corrected chi connectivity index (χ1v) is 7.88. The van der Waals surface area contributed by atoms with Gasteiger partial charge in [-0.1, -0.05) is 35.3 Å². The average Bonchev–Trinajstić information content (AvgIpc) is 2.56. The van der Waals surface area contributed by atoms with Crippen molar-refractivity contribution in [3.63, 3.8) is 0 Å². The van der Waals surface area contributed by atoms with E-state index in [1.807, 2.05) is 47.6 Å². The van der Waals surface area contributed by atoms with E-state index < -0.39 is 0 Å². The van der Waals surface area contributed by atoms with Crippen molar-refractivity contribution < 1.29 is 0 Å². The van der Waals surface area contributed by atoms with Crippen LogP contribution in [0.1, 0.15) is 5.56 Å². The smallest absolute Gasteiger partial charge is 0.128 e. The van der Waals surface area contributed by atoms with E-state index in [2.05, 4.69) is 15.0 Å². The van der Waals surface area contributed by atoms with Crippen LogP contribution >= 0.6 is 23.2 Å². The summed E-state index contributed by atoms with van der Waals surface area (Å²) in [6.07, 6.45) is 3.56. The van der Waals surface area contributed by atoms with E-state index in [0.29, 0.717) is 10.0 Å². The number of halogens is 2. The molecule has 114 valence electrons.